The molecular weight excluding hydrogens is 568 g/mol. The summed E-state index contributed by atoms with van der Waals surface area (Å²) in [7, 11) is 0. The Balaban J connectivity index is 1.20. The molecule has 2 aliphatic heterocycles. The van der Waals surface area contributed by atoms with Crippen molar-refractivity contribution in [2.75, 3.05) is 24.0 Å². The number of carbonyl (C=O) groups excluding carboxylic acids is 4. The first-order chi connectivity index (χ1) is 20.8. The number of thioether (sulfide) groups is 1. The zero-order chi connectivity index (χ0) is 30.1. The SMILES string of the molecule is CCc1ccc(NC(=O)CN2C(=O)S/C(=C\c3c(C)n(CC(=O)Nc4ccc5c(c4)OCO5)c4ccccc34)C2=O)cc1. The number of anilines is 2. The van der Waals surface area contributed by atoms with E-state index in [0.29, 0.717) is 22.9 Å². The molecule has 2 N–H and O–H groups in total. The topological polar surface area (TPSA) is 119 Å². The Kier molecular flexibility index (Phi) is 7.64. The summed E-state index contributed by atoms with van der Waals surface area (Å²) in [5.74, 6) is -0.0522. The number of aromatic nitrogens is 1. The number of hydrogen-bond acceptors (Lipinski definition) is 7. The van der Waals surface area contributed by atoms with E-state index < -0.39 is 23.6 Å². The highest BCUT2D eigenvalue weighted by molar-refractivity contribution is 8.18. The Hall–Kier alpha value is -5.03. The zero-order valence-electron chi connectivity index (χ0n) is 23.5. The molecule has 2 aliphatic rings. The Bertz CT molecular complexity index is 1810. The van der Waals surface area contributed by atoms with Gasteiger partial charge in [0.2, 0.25) is 18.6 Å². The highest BCUT2D eigenvalue weighted by Crippen LogP contribution is 2.36. The van der Waals surface area contributed by atoms with Crippen molar-refractivity contribution < 1.29 is 28.7 Å². The third kappa shape index (κ3) is 5.71. The molecule has 1 aromatic heterocycles. The Labute approximate surface area is 251 Å². The summed E-state index contributed by atoms with van der Waals surface area (Å²) in [4.78, 5) is 52.9. The molecule has 0 aliphatic carbocycles. The van der Waals surface area contributed by atoms with Crippen LogP contribution in [-0.2, 0) is 27.3 Å². The van der Waals surface area contributed by atoms with Crippen LogP contribution in [0.3, 0.4) is 0 Å². The van der Waals surface area contributed by atoms with Gasteiger partial charge in [-0.1, -0.05) is 37.3 Å². The maximum absolute atomic E-state index is 13.3. The summed E-state index contributed by atoms with van der Waals surface area (Å²) in [5, 5.41) is 5.95. The average Bonchev–Trinajstić information content (AvgIpc) is 3.65. The average molecular weight is 597 g/mol. The number of hydrogen-bond donors (Lipinski definition) is 2. The number of rotatable bonds is 8. The van der Waals surface area contributed by atoms with E-state index in [2.05, 4.69) is 10.6 Å². The fourth-order valence-corrected chi connectivity index (χ4v) is 5.92. The molecule has 1 saturated heterocycles. The lowest BCUT2D eigenvalue weighted by Crippen LogP contribution is -2.36. The van der Waals surface area contributed by atoms with Crippen LogP contribution in [0.2, 0.25) is 0 Å². The number of ether oxygens (including phenoxy) is 2. The van der Waals surface area contributed by atoms with Gasteiger partial charge in [0.25, 0.3) is 11.1 Å². The van der Waals surface area contributed by atoms with Gasteiger partial charge in [-0.15, -0.1) is 0 Å². The molecule has 6 rings (SSSR count). The van der Waals surface area contributed by atoms with Crippen LogP contribution in [0.15, 0.2) is 71.6 Å². The van der Waals surface area contributed by atoms with E-state index in [1.165, 1.54) is 0 Å². The van der Waals surface area contributed by atoms with Gasteiger partial charge in [-0.2, -0.15) is 0 Å². The summed E-state index contributed by atoms with van der Waals surface area (Å²) >= 11 is 0.790. The van der Waals surface area contributed by atoms with E-state index in [0.717, 1.165) is 50.8 Å². The Morgan fingerprint density at radius 2 is 1.60 bits per heavy atom. The van der Waals surface area contributed by atoms with E-state index in [4.69, 9.17) is 9.47 Å². The zero-order valence-corrected chi connectivity index (χ0v) is 24.3. The van der Waals surface area contributed by atoms with Crippen LogP contribution in [0.4, 0.5) is 16.2 Å². The predicted molar refractivity (Wildman–Crippen MR) is 165 cm³/mol. The first-order valence-electron chi connectivity index (χ1n) is 13.7. The molecule has 0 atom stereocenters. The van der Waals surface area contributed by atoms with Crippen LogP contribution in [0.1, 0.15) is 23.7 Å². The van der Waals surface area contributed by atoms with Crippen molar-refractivity contribution >= 4 is 63.1 Å². The molecule has 0 radical (unpaired) electrons. The van der Waals surface area contributed by atoms with Gasteiger partial charge >= 0.3 is 0 Å². The summed E-state index contributed by atoms with van der Waals surface area (Å²) in [6.07, 6.45) is 2.54. The number of fused-ring (bicyclic) bond motifs is 2. The molecule has 10 nitrogen and oxygen atoms in total. The second kappa shape index (κ2) is 11.7. The lowest BCUT2D eigenvalue weighted by Gasteiger charge is -2.12. The first kappa shape index (κ1) is 28.1. The number of amides is 4. The van der Waals surface area contributed by atoms with Crippen molar-refractivity contribution in [3.05, 3.63) is 88.5 Å². The maximum Gasteiger partial charge on any atom is 0.294 e. The third-order valence-corrected chi connectivity index (χ3v) is 8.24. The van der Waals surface area contributed by atoms with Crippen molar-refractivity contribution in [3.8, 4) is 11.5 Å². The molecule has 1 fully saturated rings. The van der Waals surface area contributed by atoms with Crippen molar-refractivity contribution in [1.82, 2.24) is 9.47 Å². The van der Waals surface area contributed by atoms with Gasteiger partial charge in [0.1, 0.15) is 13.1 Å². The number of para-hydroxylation sites is 1. The summed E-state index contributed by atoms with van der Waals surface area (Å²) in [6.45, 7) is 3.68. The molecule has 0 saturated carbocycles. The van der Waals surface area contributed by atoms with Crippen molar-refractivity contribution in [2.45, 2.75) is 26.8 Å². The molecule has 218 valence electrons. The molecular formula is C32H28N4O6S. The fraction of sp³-hybridized carbons (Fsp3) is 0.188. The highest BCUT2D eigenvalue weighted by atomic mass is 32.2. The lowest BCUT2D eigenvalue weighted by molar-refractivity contribution is -0.127. The predicted octanol–water partition coefficient (Wildman–Crippen LogP) is 5.55. The number of nitrogens with zero attached hydrogens (tertiary/aromatic N) is 2. The second-order valence-electron chi connectivity index (χ2n) is 10.1. The van der Waals surface area contributed by atoms with Crippen LogP contribution < -0.4 is 20.1 Å². The number of aryl methyl sites for hydroxylation is 1. The smallest absolute Gasteiger partial charge is 0.294 e. The van der Waals surface area contributed by atoms with Crippen LogP contribution in [0.25, 0.3) is 17.0 Å². The van der Waals surface area contributed by atoms with E-state index in [1.807, 2.05) is 54.8 Å². The minimum Gasteiger partial charge on any atom is -0.454 e. The van der Waals surface area contributed by atoms with Crippen molar-refractivity contribution in [1.29, 1.82) is 0 Å². The van der Waals surface area contributed by atoms with Crippen LogP contribution in [0, 0.1) is 6.92 Å². The van der Waals surface area contributed by atoms with Gasteiger partial charge in [-0.05, 0) is 67.1 Å². The highest BCUT2D eigenvalue weighted by Gasteiger charge is 2.36. The standard InChI is InChI=1S/C32H28N4O6S/c1-3-20-8-10-21(11-9-20)33-30(38)17-36-31(39)28(43-32(36)40)15-24-19(2)35(25-7-5-4-6-23(24)25)16-29(37)34-22-12-13-26-27(14-22)42-18-41-26/h4-15H,3,16-18H2,1-2H3,(H,33,38)(H,34,37)/b28-15-. The van der Waals surface area contributed by atoms with Gasteiger partial charge in [0.15, 0.2) is 11.5 Å². The Morgan fingerprint density at radius 3 is 2.40 bits per heavy atom. The monoisotopic (exact) mass is 596 g/mol. The quantitative estimate of drug-likeness (QED) is 0.256. The number of carbonyl (C=O) groups is 4. The largest absolute Gasteiger partial charge is 0.454 e. The van der Waals surface area contributed by atoms with E-state index in [-0.39, 0.29) is 24.2 Å². The third-order valence-electron chi connectivity index (χ3n) is 7.33. The summed E-state index contributed by atoms with van der Waals surface area (Å²) < 4.78 is 12.6. The molecule has 0 bridgehead atoms. The Morgan fingerprint density at radius 1 is 0.907 bits per heavy atom. The van der Waals surface area contributed by atoms with Gasteiger partial charge in [0, 0.05) is 39.6 Å². The van der Waals surface area contributed by atoms with E-state index >= 15 is 0 Å². The molecule has 0 unspecified atom stereocenters. The van der Waals surface area contributed by atoms with Gasteiger partial charge in [-0.3, -0.25) is 24.1 Å². The fourth-order valence-electron chi connectivity index (χ4n) is 5.10. The first-order valence-corrected chi connectivity index (χ1v) is 14.5. The minimum absolute atomic E-state index is 0.0233. The molecule has 0 spiro atoms. The number of benzene rings is 3. The van der Waals surface area contributed by atoms with Gasteiger partial charge in [0.05, 0.1) is 4.91 Å². The molecule has 3 aromatic carbocycles. The summed E-state index contributed by atoms with van der Waals surface area (Å²) in [6, 6.07) is 20.2. The molecule has 43 heavy (non-hydrogen) atoms. The minimum atomic E-state index is -0.539. The molecule has 3 heterocycles. The van der Waals surface area contributed by atoms with Crippen LogP contribution in [-0.4, -0.2) is 45.8 Å². The number of imide groups is 1. The van der Waals surface area contributed by atoms with E-state index in [9.17, 15) is 19.2 Å². The molecule has 11 heteroatoms. The van der Waals surface area contributed by atoms with Crippen LogP contribution in [0.5, 0.6) is 11.5 Å². The molecule has 4 amide bonds. The lowest BCUT2D eigenvalue weighted by atomic mass is 10.1. The van der Waals surface area contributed by atoms with Gasteiger partial charge < -0.3 is 24.7 Å². The number of nitrogens with one attached hydrogen (secondary N) is 2. The maximum atomic E-state index is 13.3. The van der Waals surface area contributed by atoms with Gasteiger partial charge in [-0.25, -0.2) is 0 Å². The second-order valence-corrected chi connectivity index (χ2v) is 11.1. The van der Waals surface area contributed by atoms with Crippen LogP contribution >= 0.6 is 11.8 Å². The van der Waals surface area contributed by atoms with Crippen molar-refractivity contribution in [2.24, 2.45) is 0 Å². The van der Waals surface area contributed by atoms with Crippen molar-refractivity contribution in [3.63, 3.8) is 0 Å². The normalized spacial score (nSPS) is 15.0. The summed E-state index contributed by atoms with van der Waals surface area (Å²) in [5.41, 5.74) is 4.59. The molecule has 4 aromatic rings. The van der Waals surface area contributed by atoms with E-state index in [1.54, 1.807) is 36.4 Å².